The molecule has 0 amide bonds. The predicted octanol–water partition coefficient (Wildman–Crippen LogP) is 2.08. The quantitative estimate of drug-likeness (QED) is 0.927. The van der Waals surface area contributed by atoms with Gasteiger partial charge >= 0.3 is 0 Å². The fourth-order valence-corrected chi connectivity index (χ4v) is 3.21. The summed E-state index contributed by atoms with van der Waals surface area (Å²) in [5.74, 6) is 0. The second-order valence-corrected chi connectivity index (χ2v) is 6.07. The molecule has 1 saturated heterocycles. The van der Waals surface area contributed by atoms with E-state index in [-0.39, 0.29) is 0 Å². The summed E-state index contributed by atoms with van der Waals surface area (Å²) in [4.78, 5) is 4.91. The van der Waals surface area contributed by atoms with E-state index in [1.165, 1.54) is 5.56 Å². The topological polar surface area (TPSA) is 32.5 Å². The first kappa shape index (κ1) is 14.0. The molecule has 1 aromatic carbocycles. The van der Waals surface area contributed by atoms with Crippen molar-refractivity contribution in [2.45, 2.75) is 19.0 Å². The SMILES string of the molecule is CC1CN(C)CCN1C(CN)c1cccc(Br)c1. The maximum atomic E-state index is 6.01. The number of nitrogens with zero attached hydrogens (tertiary/aromatic N) is 2. The summed E-state index contributed by atoms with van der Waals surface area (Å²) in [6, 6.07) is 9.38. The molecule has 1 fully saturated rings. The molecule has 18 heavy (non-hydrogen) atoms. The highest BCUT2D eigenvalue weighted by Crippen LogP contribution is 2.26. The van der Waals surface area contributed by atoms with Gasteiger partial charge in [-0.05, 0) is 31.7 Å². The van der Waals surface area contributed by atoms with Crippen LogP contribution in [0.4, 0.5) is 0 Å². The van der Waals surface area contributed by atoms with Crippen LogP contribution in [0.25, 0.3) is 0 Å². The molecule has 3 nitrogen and oxygen atoms in total. The zero-order valence-corrected chi connectivity index (χ0v) is 12.7. The second kappa shape index (κ2) is 6.15. The van der Waals surface area contributed by atoms with Gasteiger partial charge in [-0.25, -0.2) is 0 Å². The lowest BCUT2D eigenvalue weighted by molar-refractivity contribution is 0.0635. The lowest BCUT2D eigenvalue weighted by Crippen LogP contribution is -2.52. The third-order valence-corrected chi connectivity index (χ3v) is 4.23. The fraction of sp³-hybridized carbons (Fsp3) is 0.571. The van der Waals surface area contributed by atoms with E-state index in [0.717, 1.165) is 24.1 Å². The molecule has 0 spiro atoms. The Hall–Kier alpha value is -0.420. The van der Waals surface area contributed by atoms with Crippen molar-refractivity contribution in [1.29, 1.82) is 0 Å². The lowest BCUT2D eigenvalue weighted by atomic mass is 10.0. The van der Waals surface area contributed by atoms with Gasteiger partial charge in [-0.3, -0.25) is 4.90 Å². The van der Waals surface area contributed by atoms with Crippen LogP contribution in [-0.2, 0) is 0 Å². The van der Waals surface area contributed by atoms with E-state index in [4.69, 9.17) is 5.73 Å². The summed E-state index contributed by atoms with van der Waals surface area (Å²) in [5, 5.41) is 0. The molecular weight excluding hydrogens is 290 g/mol. The van der Waals surface area contributed by atoms with Gasteiger partial charge in [0.1, 0.15) is 0 Å². The first-order valence-corrected chi connectivity index (χ1v) is 7.31. The molecule has 0 aromatic heterocycles. The highest BCUT2D eigenvalue weighted by Gasteiger charge is 2.28. The van der Waals surface area contributed by atoms with Gasteiger partial charge in [0.15, 0.2) is 0 Å². The van der Waals surface area contributed by atoms with Crippen LogP contribution in [0.1, 0.15) is 18.5 Å². The highest BCUT2D eigenvalue weighted by molar-refractivity contribution is 9.10. The molecule has 4 heteroatoms. The Morgan fingerprint density at radius 1 is 1.44 bits per heavy atom. The molecule has 0 radical (unpaired) electrons. The molecule has 2 rings (SSSR count). The van der Waals surface area contributed by atoms with Gasteiger partial charge in [-0.15, -0.1) is 0 Å². The van der Waals surface area contributed by atoms with E-state index in [1.807, 2.05) is 0 Å². The van der Waals surface area contributed by atoms with E-state index in [9.17, 15) is 0 Å². The average molecular weight is 312 g/mol. The normalized spacial score (nSPS) is 24.1. The summed E-state index contributed by atoms with van der Waals surface area (Å²) < 4.78 is 1.13. The monoisotopic (exact) mass is 311 g/mol. The molecule has 1 heterocycles. The molecule has 0 bridgehead atoms. The lowest BCUT2D eigenvalue weighted by Gasteiger charge is -2.42. The van der Waals surface area contributed by atoms with Crippen molar-refractivity contribution >= 4 is 15.9 Å². The van der Waals surface area contributed by atoms with Crippen LogP contribution in [0.3, 0.4) is 0 Å². The van der Waals surface area contributed by atoms with E-state index < -0.39 is 0 Å². The molecule has 0 saturated carbocycles. The Morgan fingerprint density at radius 2 is 2.22 bits per heavy atom. The van der Waals surface area contributed by atoms with Gasteiger partial charge in [0.25, 0.3) is 0 Å². The van der Waals surface area contributed by atoms with Gasteiger partial charge in [-0.1, -0.05) is 28.1 Å². The Kier molecular flexibility index (Phi) is 4.78. The van der Waals surface area contributed by atoms with Crippen molar-refractivity contribution in [2.75, 3.05) is 33.2 Å². The van der Waals surface area contributed by atoms with Crippen molar-refractivity contribution in [2.24, 2.45) is 5.73 Å². The molecule has 2 N–H and O–H groups in total. The number of benzene rings is 1. The Morgan fingerprint density at radius 3 is 2.83 bits per heavy atom. The van der Waals surface area contributed by atoms with Gasteiger partial charge in [0, 0.05) is 42.7 Å². The summed E-state index contributed by atoms with van der Waals surface area (Å²) >= 11 is 3.54. The van der Waals surface area contributed by atoms with Crippen LogP contribution in [0.2, 0.25) is 0 Å². The maximum absolute atomic E-state index is 6.01. The second-order valence-electron chi connectivity index (χ2n) is 5.16. The van der Waals surface area contributed by atoms with Crippen LogP contribution >= 0.6 is 15.9 Å². The van der Waals surface area contributed by atoms with Crippen molar-refractivity contribution in [1.82, 2.24) is 9.80 Å². The minimum atomic E-state index is 0.325. The predicted molar refractivity (Wildman–Crippen MR) is 79.6 cm³/mol. The molecule has 100 valence electrons. The number of nitrogens with two attached hydrogens (primary N) is 1. The number of halogens is 1. The standard InChI is InChI=1S/C14H22BrN3/c1-11-10-17(2)6-7-18(11)14(9-16)12-4-3-5-13(15)8-12/h3-5,8,11,14H,6-7,9-10,16H2,1-2H3. The van der Waals surface area contributed by atoms with Crippen LogP contribution in [-0.4, -0.2) is 49.1 Å². The molecule has 0 aliphatic carbocycles. The third kappa shape index (κ3) is 3.12. The molecule has 2 unspecified atom stereocenters. The molecular formula is C14H22BrN3. The van der Waals surface area contributed by atoms with E-state index >= 15 is 0 Å². The van der Waals surface area contributed by atoms with E-state index in [2.05, 4.69) is 64.0 Å². The van der Waals surface area contributed by atoms with Crippen molar-refractivity contribution in [3.63, 3.8) is 0 Å². The molecule has 1 aromatic rings. The smallest absolute Gasteiger partial charge is 0.0474 e. The third-order valence-electron chi connectivity index (χ3n) is 3.74. The minimum Gasteiger partial charge on any atom is -0.329 e. The maximum Gasteiger partial charge on any atom is 0.0474 e. The molecule has 1 aliphatic rings. The average Bonchev–Trinajstić information content (AvgIpc) is 2.33. The summed E-state index contributed by atoms with van der Waals surface area (Å²) in [7, 11) is 2.18. The molecule has 1 aliphatic heterocycles. The van der Waals surface area contributed by atoms with Crippen molar-refractivity contribution in [3.05, 3.63) is 34.3 Å². The first-order chi connectivity index (χ1) is 8.61. The van der Waals surface area contributed by atoms with Crippen molar-refractivity contribution < 1.29 is 0 Å². The van der Waals surface area contributed by atoms with Crippen LogP contribution in [0.15, 0.2) is 28.7 Å². The van der Waals surface area contributed by atoms with Crippen LogP contribution in [0, 0.1) is 0 Å². The van der Waals surface area contributed by atoms with Crippen LogP contribution < -0.4 is 5.73 Å². The van der Waals surface area contributed by atoms with Gasteiger partial charge in [0.2, 0.25) is 0 Å². The number of likely N-dealkylation sites (N-methyl/N-ethyl adjacent to an activating group) is 1. The summed E-state index contributed by atoms with van der Waals surface area (Å²) in [5.41, 5.74) is 7.32. The largest absolute Gasteiger partial charge is 0.329 e. The number of hydrogen-bond donors (Lipinski definition) is 1. The summed E-state index contributed by atoms with van der Waals surface area (Å²) in [6.07, 6.45) is 0. The van der Waals surface area contributed by atoms with Crippen LogP contribution in [0.5, 0.6) is 0 Å². The van der Waals surface area contributed by atoms with E-state index in [0.29, 0.717) is 18.6 Å². The zero-order chi connectivity index (χ0) is 13.1. The highest BCUT2D eigenvalue weighted by atomic mass is 79.9. The first-order valence-electron chi connectivity index (χ1n) is 6.51. The zero-order valence-electron chi connectivity index (χ0n) is 11.1. The molecule has 2 atom stereocenters. The Bertz CT molecular complexity index is 396. The van der Waals surface area contributed by atoms with Crippen molar-refractivity contribution in [3.8, 4) is 0 Å². The number of rotatable bonds is 3. The van der Waals surface area contributed by atoms with Gasteiger partial charge in [0.05, 0.1) is 0 Å². The fourth-order valence-electron chi connectivity index (χ4n) is 2.79. The Labute approximate surface area is 118 Å². The minimum absolute atomic E-state index is 0.325. The number of hydrogen-bond acceptors (Lipinski definition) is 3. The Balaban J connectivity index is 2.18. The number of piperazine rings is 1. The van der Waals surface area contributed by atoms with Gasteiger partial charge in [-0.2, -0.15) is 0 Å². The van der Waals surface area contributed by atoms with E-state index in [1.54, 1.807) is 0 Å². The van der Waals surface area contributed by atoms with Gasteiger partial charge < -0.3 is 10.6 Å². The summed E-state index contributed by atoms with van der Waals surface area (Å²) in [6.45, 7) is 6.28.